The van der Waals surface area contributed by atoms with E-state index < -0.39 is 5.97 Å². The predicted molar refractivity (Wildman–Crippen MR) is 145 cm³/mol. The topological polar surface area (TPSA) is 74.8 Å². The van der Waals surface area contributed by atoms with Crippen molar-refractivity contribution in [1.82, 2.24) is 9.88 Å². The van der Waals surface area contributed by atoms with Gasteiger partial charge in [-0.05, 0) is 78.6 Å². The minimum Gasteiger partial charge on any atom is -0.496 e. The van der Waals surface area contributed by atoms with Crippen molar-refractivity contribution in [3.8, 4) is 5.75 Å². The second kappa shape index (κ2) is 9.84. The Morgan fingerprint density at radius 3 is 2.65 bits per heavy atom. The van der Waals surface area contributed by atoms with E-state index in [0.717, 1.165) is 66.1 Å². The van der Waals surface area contributed by atoms with Gasteiger partial charge in [0.05, 0.1) is 18.8 Å². The van der Waals surface area contributed by atoms with Crippen molar-refractivity contribution in [3.63, 3.8) is 0 Å². The van der Waals surface area contributed by atoms with E-state index in [4.69, 9.17) is 9.47 Å². The fourth-order valence-corrected chi connectivity index (χ4v) is 5.99. The van der Waals surface area contributed by atoms with E-state index in [2.05, 4.69) is 35.0 Å². The number of nitrogens with zero attached hydrogens (tertiary/aromatic N) is 1. The normalized spacial score (nSPS) is 20.5. The minimum atomic E-state index is -0.895. The molecule has 6 heteroatoms. The largest absolute Gasteiger partial charge is 0.496 e. The molecule has 2 aliphatic rings. The van der Waals surface area contributed by atoms with Gasteiger partial charge in [-0.1, -0.05) is 30.3 Å². The van der Waals surface area contributed by atoms with Gasteiger partial charge in [-0.15, -0.1) is 0 Å². The maximum Gasteiger partial charge on any atom is 0.336 e. The van der Waals surface area contributed by atoms with E-state index in [0.29, 0.717) is 5.56 Å². The third kappa shape index (κ3) is 4.60. The van der Waals surface area contributed by atoms with Gasteiger partial charge in [-0.3, -0.25) is 4.90 Å². The Labute approximate surface area is 217 Å². The summed E-state index contributed by atoms with van der Waals surface area (Å²) < 4.78 is 12.3. The molecule has 1 saturated carbocycles. The van der Waals surface area contributed by atoms with Crippen molar-refractivity contribution in [2.24, 2.45) is 5.92 Å². The summed E-state index contributed by atoms with van der Waals surface area (Å²) in [7, 11) is 1.74. The van der Waals surface area contributed by atoms with Crippen molar-refractivity contribution in [3.05, 3.63) is 77.0 Å². The molecule has 4 aromatic rings. The number of carbonyl (C=O) groups is 1. The van der Waals surface area contributed by atoms with E-state index in [9.17, 15) is 9.90 Å². The molecule has 3 aromatic carbocycles. The van der Waals surface area contributed by atoms with Gasteiger partial charge in [-0.25, -0.2) is 4.79 Å². The Bertz CT molecular complexity index is 1450. The molecule has 192 valence electrons. The van der Waals surface area contributed by atoms with Crippen LogP contribution >= 0.6 is 0 Å². The van der Waals surface area contributed by atoms with Crippen LogP contribution in [0.1, 0.15) is 58.8 Å². The van der Waals surface area contributed by atoms with Gasteiger partial charge in [0, 0.05) is 48.4 Å². The molecule has 1 aromatic heterocycles. The number of H-pyrrole nitrogens is 1. The number of piperidine rings is 1. The molecule has 0 spiro atoms. The van der Waals surface area contributed by atoms with Crippen molar-refractivity contribution in [2.75, 3.05) is 20.3 Å². The van der Waals surface area contributed by atoms with Gasteiger partial charge in [0.2, 0.25) is 0 Å². The zero-order valence-electron chi connectivity index (χ0n) is 21.5. The summed E-state index contributed by atoms with van der Waals surface area (Å²) in [5.74, 6) is 0.737. The van der Waals surface area contributed by atoms with Gasteiger partial charge < -0.3 is 19.6 Å². The van der Waals surface area contributed by atoms with Gasteiger partial charge in [0.25, 0.3) is 0 Å². The SMILES string of the molecule is COc1cc(C)c2[nH]ccc2c1CN1CC[C@H](OCC2CC2)C[C@H]1c1ccc(C(=O)O)c2ccccc12. The number of ether oxygens (including phenoxy) is 2. The lowest BCUT2D eigenvalue weighted by Crippen LogP contribution is -2.39. The van der Waals surface area contributed by atoms with Crippen LogP contribution in [0.25, 0.3) is 21.7 Å². The molecule has 1 aliphatic heterocycles. The summed E-state index contributed by atoms with van der Waals surface area (Å²) >= 11 is 0. The van der Waals surface area contributed by atoms with E-state index in [-0.39, 0.29) is 12.1 Å². The van der Waals surface area contributed by atoms with E-state index >= 15 is 0 Å². The second-order valence-corrected chi connectivity index (χ2v) is 10.6. The Hall–Kier alpha value is -3.35. The number of carboxylic acids is 1. The van der Waals surface area contributed by atoms with Crippen LogP contribution in [-0.2, 0) is 11.3 Å². The van der Waals surface area contributed by atoms with Crippen LogP contribution in [0, 0.1) is 12.8 Å². The maximum absolute atomic E-state index is 12.0. The number of fused-ring (bicyclic) bond motifs is 2. The molecule has 0 unspecified atom stereocenters. The molecule has 0 radical (unpaired) electrons. The summed E-state index contributed by atoms with van der Waals surface area (Å²) in [6.07, 6.45) is 6.62. The van der Waals surface area contributed by atoms with Gasteiger partial charge in [-0.2, -0.15) is 0 Å². The quantitative estimate of drug-likeness (QED) is 0.291. The predicted octanol–water partition coefficient (Wildman–Crippen LogP) is 6.47. The molecule has 6 nitrogen and oxygen atoms in total. The summed E-state index contributed by atoms with van der Waals surface area (Å²) in [5, 5.41) is 12.8. The van der Waals surface area contributed by atoms with Crippen molar-refractivity contribution >= 4 is 27.6 Å². The third-order valence-electron chi connectivity index (χ3n) is 8.17. The molecular formula is C31H34N2O4. The fourth-order valence-electron chi connectivity index (χ4n) is 5.99. The Morgan fingerprint density at radius 1 is 1.08 bits per heavy atom. The maximum atomic E-state index is 12.0. The molecule has 1 aliphatic carbocycles. The summed E-state index contributed by atoms with van der Waals surface area (Å²) in [5.41, 5.74) is 5.00. The molecular weight excluding hydrogens is 464 g/mol. The Kier molecular flexibility index (Phi) is 6.39. The van der Waals surface area contributed by atoms with E-state index in [1.54, 1.807) is 13.2 Å². The number of hydrogen-bond acceptors (Lipinski definition) is 4. The number of carboxylic acid groups (broad SMARTS) is 1. The van der Waals surface area contributed by atoms with Gasteiger partial charge >= 0.3 is 5.97 Å². The van der Waals surface area contributed by atoms with E-state index in [1.807, 2.05) is 30.5 Å². The van der Waals surface area contributed by atoms with Crippen LogP contribution in [0.4, 0.5) is 0 Å². The zero-order chi connectivity index (χ0) is 25.5. The van der Waals surface area contributed by atoms with Crippen LogP contribution in [-0.4, -0.2) is 47.3 Å². The molecule has 37 heavy (non-hydrogen) atoms. The first kappa shape index (κ1) is 24.0. The number of aromatic carboxylic acids is 1. The van der Waals surface area contributed by atoms with Crippen LogP contribution < -0.4 is 4.74 Å². The molecule has 2 N–H and O–H groups in total. The highest BCUT2D eigenvalue weighted by molar-refractivity contribution is 6.04. The number of methoxy groups -OCH3 is 1. The minimum absolute atomic E-state index is 0.102. The third-order valence-corrected chi connectivity index (χ3v) is 8.17. The average Bonchev–Trinajstić information content (AvgIpc) is 3.61. The molecule has 2 atom stereocenters. The molecule has 2 heterocycles. The molecule has 6 rings (SSSR count). The number of hydrogen-bond donors (Lipinski definition) is 2. The standard InChI is InChI=1S/C31H34N2O4/c1-19-15-29(36-2)27(25-11-13-32-30(19)25)17-33-14-12-21(37-18-20-7-8-20)16-28(33)24-9-10-26(31(34)35)23-6-4-3-5-22(23)24/h3-6,9-11,13,15,20-21,28,32H,7-8,12,14,16-18H2,1-2H3,(H,34,35)/t21-,28-/m0/s1. The number of likely N-dealkylation sites (tertiary alicyclic amines) is 1. The lowest BCUT2D eigenvalue weighted by molar-refractivity contribution is -0.0226. The first-order chi connectivity index (χ1) is 18.0. The summed E-state index contributed by atoms with van der Waals surface area (Å²) in [6.45, 7) is 4.60. The number of rotatable bonds is 8. The van der Waals surface area contributed by atoms with E-state index in [1.165, 1.54) is 29.4 Å². The smallest absolute Gasteiger partial charge is 0.336 e. The first-order valence-corrected chi connectivity index (χ1v) is 13.3. The number of aromatic amines is 1. The van der Waals surface area contributed by atoms with Crippen LogP contribution in [0.3, 0.4) is 0 Å². The van der Waals surface area contributed by atoms with Gasteiger partial charge in [0.1, 0.15) is 5.75 Å². The van der Waals surface area contributed by atoms with Gasteiger partial charge in [0.15, 0.2) is 0 Å². The molecule has 0 bridgehead atoms. The number of aryl methyl sites for hydroxylation is 1. The monoisotopic (exact) mass is 498 g/mol. The highest BCUT2D eigenvalue weighted by Crippen LogP contribution is 2.41. The van der Waals surface area contributed by atoms with Crippen molar-refractivity contribution in [1.29, 1.82) is 0 Å². The zero-order valence-corrected chi connectivity index (χ0v) is 21.5. The average molecular weight is 499 g/mol. The fraction of sp³-hybridized carbons (Fsp3) is 0.387. The Balaban J connectivity index is 1.41. The lowest BCUT2D eigenvalue weighted by Gasteiger charge is -2.40. The summed E-state index contributed by atoms with van der Waals surface area (Å²) in [6, 6.07) is 16.0. The van der Waals surface area contributed by atoms with Crippen LogP contribution in [0.2, 0.25) is 0 Å². The van der Waals surface area contributed by atoms with Crippen molar-refractivity contribution < 1.29 is 19.4 Å². The summed E-state index contributed by atoms with van der Waals surface area (Å²) in [4.78, 5) is 17.9. The number of benzene rings is 3. The second-order valence-electron chi connectivity index (χ2n) is 10.6. The van der Waals surface area contributed by atoms with Crippen molar-refractivity contribution in [2.45, 2.75) is 51.3 Å². The lowest BCUT2D eigenvalue weighted by atomic mass is 9.88. The first-order valence-electron chi connectivity index (χ1n) is 13.3. The highest BCUT2D eigenvalue weighted by Gasteiger charge is 2.34. The highest BCUT2D eigenvalue weighted by atomic mass is 16.5. The molecule has 2 fully saturated rings. The van der Waals surface area contributed by atoms with Crippen LogP contribution in [0.5, 0.6) is 5.75 Å². The number of nitrogens with one attached hydrogen (secondary N) is 1. The Morgan fingerprint density at radius 2 is 1.89 bits per heavy atom. The number of aromatic nitrogens is 1. The molecule has 1 saturated heterocycles. The molecule has 0 amide bonds. The van der Waals surface area contributed by atoms with Crippen LogP contribution in [0.15, 0.2) is 54.7 Å².